The molecule has 1 aromatic heterocycles. The molecule has 0 bridgehead atoms. The standard InChI is InChI=1S/C16H24N2/c1-3-5-6-7-10-13(4-2)16-17-14-11-8-9-12-15(14)18-16/h8-9,11-13H,3-7,10H2,1-2H3,(H,17,18). The van der Waals surface area contributed by atoms with Crippen LogP contribution in [0.4, 0.5) is 0 Å². The van der Waals surface area contributed by atoms with Crippen molar-refractivity contribution in [3.8, 4) is 0 Å². The van der Waals surface area contributed by atoms with Gasteiger partial charge in [0.1, 0.15) is 5.82 Å². The molecule has 18 heavy (non-hydrogen) atoms. The second-order valence-electron chi connectivity index (χ2n) is 5.09. The van der Waals surface area contributed by atoms with Crippen molar-refractivity contribution in [3.05, 3.63) is 30.1 Å². The minimum Gasteiger partial charge on any atom is -0.342 e. The Bertz CT molecular complexity index is 440. The van der Waals surface area contributed by atoms with Crippen molar-refractivity contribution in [2.45, 2.75) is 58.3 Å². The average molecular weight is 244 g/mol. The molecule has 2 nitrogen and oxygen atoms in total. The quantitative estimate of drug-likeness (QED) is 0.680. The number of fused-ring (bicyclic) bond motifs is 1. The van der Waals surface area contributed by atoms with Gasteiger partial charge in [0.15, 0.2) is 0 Å². The van der Waals surface area contributed by atoms with Gasteiger partial charge < -0.3 is 4.98 Å². The highest BCUT2D eigenvalue weighted by atomic mass is 14.9. The number of H-pyrrole nitrogens is 1. The molecule has 0 aliphatic rings. The zero-order valence-electron chi connectivity index (χ0n) is 11.6. The first-order chi connectivity index (χ1) is 8.85. The summed E-state index contributed by atoms with van der Waals surface area (Å²) in [6, 6.07) is 8.30. The van der Waals surface area contributed by atoms with Crippen LogP contribution in [0.1, 0.15) is 64.1 Å². The molecule has 2 aromatic rings. The van der Waals surface area contributed by atoms with Crippen molar-refractivity contribution in [1.29, 1.82) is 0 Å². The summed E-state index contributed by atoms with van der Waals surface area (Å²) in [5.41, 5.74) is 2.26. The van der Waals surface area contributed by atoms with Crippen molar-refractivity contribution in [2.24, 2.45) is 0 Å². The first-order valence-electron chi connectivity index (χ1n) is 7.29. The fourth-order valence-corrected chi connectivity index (χ4v) is 2.52. The molecular weight excluding hydrogens is 220 g/mol. The van der Waals surface area contributed by atoms with Crippen LogP contribution >= 0.6 is 0 Å². The molecule has 0 aliphatic carbocycles. The lowest BCUT2D eigenvalue weighted by molar-refractivity contribution is 0.527. The van der Waals surface area contributed by atoms with Crippen molar-refractivity contribution in [2.75, 3.05) is 0 Å². The number of unbranched alkanes of at least 4 members (excludes halogenated alkanes) is 3. The second kappa shape index (κ2) is 6.58. The van der Waals surface area contributed by atoms with E-state index < -0.39 is 0 Å². The van der Waals surface area contributed by atoms with E-state index in [9.17, 15) is 0 Å². The largest absolute Gasteiger partial charge is 0.342 e. The molecule has 0 aliphatic heterocycles. The number of imidazole rings is 1. The molecule has 98 valence electrons. The van der Waals surface area contributed by atoms with Crippen molar-refractivity contribution in [3.63, 3.8) is 0 Å². The number of aromatic amines is 1. The molecule has 1 heterocycles. The van der Waals surface area contributed by atoms with E-state index in [0.29, 0.717) is 5.92 Å². The third-order valence-electron chi connectivity index (χ3n) is 3.69. The summed E-state index contributed by atoms with van der Waals surface area (Å²) >= 11 is 0. The molecule has 0 spiro atoms. The number of benzene rings is 1. The van der Waals surface area contributed by atoms with Crippen LogP contribution in [0.5, 0.6) is 0 Å². The third kappa shape index (κ3) is 3.12. The van der Waals surface area contributed by atoms with Crippen LogP contribution < -0.4 is 0 Å². The number of para-hydroxylation sites is 2. The van der Waals surface area contributed by atoms with Gasteiger partial charge in [-0.1, -0.05) is 51.7 Å². The summed E-state index contributed by atoms with van der Waals surface area (Å²) in [4.78, 5) is 8.20. The van der Waals surface area contributed by atoms with E-state index in [1.165, 1.54) is 49.9 Å². The number of nitrogens with zero attached hydrogens (tertiary/aromatic N) is 1. The van der Waals surface area contributed by atoms with E-state index in [1.54, 1.807) is 0 Å². The molecule has 1 unspecified atom stereocenters. The lowest BCUT2D eigenvalue weighted by Crippen LogP contribution is -2.00. The van der Waals surface area contributed by atoms with Gasteiger partial charge in [-0.2, -0.15) is 0 Å². The highest BCUT2D eigenvalue weighted by Gasteiger charge is 2.13. The Morgan fingerprint density at radius 2 is 1.94 bits per heavy atom. The van der Waals surface area contributed by atoms with Crippen LogP contribution in [0, 0.1) is 0 Å². The average Bonchev–Trinajstić information content (AvgIpc) is 2.82. The fraction of sp³-hybridized carbons (Fsp3) is 0.562. The van der Waals surface area contributed by atoms with Crippen LogP contribution in [0.3, 0.4) is 0 Å². The zero-order chi connectivity index (χ0) is 12.8. The van der Waals surface area contributed by atoms with Crippen molar-refractivity contribution in [1.82, 2.24) is 9.97 Å². The SMILES string of the molecule is CCCCCCC(CC)c1nc2ccccc2[nH]1. The van der Waals surface area contributed by atoms with Crippen LogP contribution in [0.15, 0.2) is 24.3 Å². The second-order valence-corrected chi connectivity index (χ2v) is 5.09. The predicted octanol–water partition coefficient (Wildman–Crippen LogP) is 5.03. The molecule has 0 fully saturated rings. The highest BCUT2D eigenvalue weighted by Crippen LogP contribution is 2.25. The summed E-state index contributed by atoms with van der Waals surface area (Å²) in [5.74, 6) is 1.77. The van der Waals surface area contributed by atoms with E-state index in [-0.39, 0.29) is 0 Å². The van der Waals surface area contributed by atoms with E-state index in [1.807, 2.05) is 0 Å². The van der Waals surface area contributed by atoms with Gasteiger partial charge in [-0.3, -0.25) is 0 Å². The number of rotatable bonds is 7. The maximum Gasteiger partial charge on any atom is 0.110 e. The third-order valence-corrected chi connectivity index (χ3v) is 3.69. The lowest BCUT2D eigenvalue weighted by atomic mass is 9.97. The van der Waals surface area contributed by atoms with E-state index >= 15 is 0 Å². The molecular formula is C16H24N2. The first kappa shape index (κ1) is 13.1. The molecule has 2 rings (SSSR count). The highest BCUT2D eigenvalue weighted by molar-refractivity contribution is 5.74. The van der Waals surface area contributed by atoms with Crippen LogP contribution in [-0.2, 0) is 0 Å². The zero-order valence-corrected chi connectivity index (χ0v) is 11.6. The molecule has 1 aromatic carbocycles. The van der Waals surface area contributed by atoms with Gasteiger partial charge in [0.05, 0.1) is 11.0 Å². The Balaban J connectivity index is 2.02. The fourth-order valence-electron chi connectivity index (χ4n) is 2.52. The molecule has 2 heteroatoms. The Hall–Kier alpha value is -1.31. The van der Waals surface area contributed by atoms with E-state index in [2.05, 4.69) is 43.1 Å². The van der Waals surface area contributed by atoms with Gasteiger partial charge in [-0.05, 0) is 25.0 Å². The molecule has 0 saturated carbocycles. The number of aromatic nitrogens is 2. The predicted molar refractivity (Wildman–Crippen MR) is 77.9 cm³/mol. The minimum absolute atomic E-state index is 0.592. The number of hydrogen-bond acceptors (Lipinski definition) is 1. The summed E-state index contributed by atoms with van der Waals surface area (Å²) in [7, 11) is 0. The Kier molecular flexibility index (Phi) is 4.80. The summed E-state index contributed by atoms with van der Waals surface area (Å²) in [6.07, 6.45) is 7.77. The number of hydrogen-bond donors (Lipinski definition) is 1. The Morgan fingerprint density at radius 3 is 2.67 bits per heavy atom. The minimum atomic E-state index is 0.592. The molecule has 1 N–H and O–H groups in total. The topological polar surface area (TPSA) is 28.7 Å². The van der Waals surface area contributed by atoms with Crippen LogP contribution in [0.2, 0.25) is 0 Å². The van der Waals surface area contributed by atoms with Gasteiger partial charge in [0.2, 0.25) is 0 Å². The molecule has 0 radical (unpaired) electrons. The van der Waals surface area contributed by atoms with Crippen molar-refractivity contribution >= 4 is 11.0 Å². The van der Waals surface area contributed by atoms with Crippen molar-refractivity contribution < 1.29 is 0 Å². The maximum absolute atomic E-state index is 4.73. The lowest BCUT2D eigenvalue weighted by Gasteiger charge is -2.11. The van der Waals surface area contributed by atoms with Gasteiger partial charge in [-0.15, -0.1) is 0 Å². The molecule has 0 amide bonds. The Labute approximate surface area is 110 Å². The van der Waals surface area contributed by atoms with E-state index in [4.69, 9.17) is 4.98 Å². The smallest absolute Gasteiger partial charge is 0.110 e. The van der Waals surface area contributed by atoms with Crippen LogP contribution in [-0.4, -0.2) is 9.97 Å². The number of nitrogens with one attached hydrogen (secondary N) is 1. The summed E-state index contributed by atoms with van der Waals surface area (Å²) in [6.45, 7) is 4.52. The maximum atomic E-state index is 4.73. The van der Waals surface area contributed by atoms with E-state index in [0.717, 1.165) is 5.52 Å². The molecule has 1 atom stereocenters. The summed E-state index contributed by atoms with van der Waals surface area (Å²) in [5, 5.41) is 0. The van der Waals surface area contributed by atoms with Gasteiger partial charge in [0.25, 0.3) is 0 Å². The van der Waals surface area contributed by atoms with Crippen LogP contribution in [0.25, 0.3) is 11.0 Å². The van der Waals surface area contributed by atoms with Gasteiger partial charge >= 0.3 is 0 Å². The normalized spacial score (nSPS) is 13.0. The molecule has 0 saturated heterocycles. The van der Waals surface area contributed by atoms with Gasteiger partial charge in [0, 0.05) is 5.92 Å². The first-order valence-corrected chi connectivity index (χ1v) is 7.29. The van der Waals surface area contributed by atoms with Gasteiger partial charge in [-0.25, -0.2) is 4.98 Å². The monoisotopic (exact) mass is 244 g/mol. The summed E-state index contributed by atoms with van der Waals surface area (Å²) < 4.78 is 0. The Morgan fingerprint density at radius 1 is 1.11 bits per heavy atom.